The minimum absolute atomic E-state index is 0.331. The highest BCUT2D eigenvalue weighted by molar-refractivity contribution is 5.56. The van der Waals surface area contributed by atoms with Crippen LogP contribution < -0.4 is 10.1 Å². The first-order valence-electron chi connectivity index (χ1n) is 12.7. The van der Waals surface area contributed by atoms with Crippen LogP contribution in [0.5, 0.6) is 17.2 Å². The number of anilines is 1. The normalized spacial score (nSPS) is 14.4. The monoisotopic (exact) mass is 458 g/mol. The number of hydrogen-bond acceptors (Lipinski definition) is 4. The van der Waals surface area contributed by atoms with Crippen LogP contribution in [0.15, 0.2) is 60.7 Å². The minimum atomic E-state index is 0.331. The van der Waals surface area contributed by atoms with Crippen molar-refractivity contribution in [3.8, 4) is 17.2 Å². The molecule has 0 heterocycles. The van der Waals surface area contributed by atoms with Crippen LogP contribution in [0.4, 0.5) is 5.69 Å². The molecule has 1 aliphatic carbocycles. The van der Waals surface area contributed by atoms with E-state index in [9.17, 15) is 5.11 Å². The number of nitrogens with zero attached hydrogens (tertiary/aromatic N) is 1. The summed E-state index contributed by atoms with van der Waals surface area (Å²) in [6.07, 6.45) is 6.34. The Morgan fingerprint density at radius 2 is 1.62 bits per heavy atom. The van der Waals surface area contributed by atoms with E-state index >= 15 is 0 Å². The fraction of sp³-hybridized carbons (Fsp3) is 0.400. The molecule has 0 spiro atoms. The molecule has 1 fully saturated rings. The molecule has 4 heteroatoms. The predicted octanol–water partition coefficient (Wildman–Crippen LogP) is 7.57. The van der Waals surface area contributed by atoms with Crippen molar-refractivity contribution in [1.82, 2.24) is 4.90 Å². The first-order valence-corrected chi connectivity index (χ1v) is 12.7. The third kappa shape index (κ3) is 6.12. The lowest BCUT2D eigenvalue weighted by Gasteiger charge is -2.34. The van der Waals surface area contributed by atoms with E-state index in [0.717, 1.165) is 47.0 Å². The van der Waals surface area contributed by atoms with Gasteiger partial charge in [0.1, 0.15) is 17.2 Å². The second kappa shape index (κ2) is 11.4. The Labute approximate surface area is 204 Å². The molecule has 0 saturated heterocycles. The summed E-state index contributed by atoms with van der Waals surface area (Å²) in [5, 5.41) is 14.1. The predicted molar refractivity (Wildman–Crippen MR) is 141 cm³/mol. The van der Waals surface area contributed by atoms with E-state index in [-0.39, 0.29) is 0 Å². The number of rotatable bonds is 9. The van der Waals surface area contributed by atoms with Crippen molar-refractivity contribution in [2.24, 2.45) is 0 Å². The van der Waals surface area contributed by atoms with E-state index in [4.69, 9.17) is 4.74 Å². The van der Waals surface area contributed by atoms with Crippen molar-refractivity contribution < 1.29 is 9.84 Å². The maximum atomic E-state index is 10.7. The fourth-order valence-electron chi connectivity index (χ4n) is 5.08. The maximum Gasteiger partial charge on any atom is 0.133 e. The molecule has 2 N–H and O–H groups in total. The quantitative estimate of drug-likeness (QED) is 0.347. The molecule has 0 amide bonds. The van der Waals surface area contributed by atoms with Gasteiger partial charge in [-0.2, -0.15) is 0 Å². The molecule has 1 aliphatic rings. The van der Waals surface area contributed by atoms with Crippen molar-refractivity contribution in [3.63, 3.8) is 0 Å². The van der Waals surface area contributed by atoms with Crippen LogP contribution >= 0.6 is 0 Å². The number of aromatic hydroxyl groups is 1. The minimum Gasteiger partial charge on any atom is -0.508 e. The fourth-order valence-corrected chi connectivity index (χ4v) is 5.08. The van der Waals surface area contributed by atoms with E-state index in [2.05, 4.69) is 73.5 Å². The van der Waals surface area contributed by atoms with Crippen LogP contribution in [-0.4, -0.2) is 22.6 Å². The largest absolute Gasteiger partial charge is 0.508 e. The summed E-state index contributed by atoms with van der Waals surface area (Å²) < 4.78 is 6.36. The number of nitrogens with one attached hydrogen (secondary N) is 1. The second-order valence-electron chi connectivity index (χ2n) is 9.54. The van der Waals surface area contributed by atoms with Crippen LogP contribution in [-0.2, 0) is 13.1 Å². The van der Waals surface area contributed by atoms with Gasteiger partial charge in [-0.25, -0.2) is 0 Å². The number of hydrogen-bond donors (Lipinski definition) is 2. The highest BCUT2D eigenvalue weighted by Gasteiger charge is 2.23. The molecule has 0 bridgehead atoms. The molecule has 180 valence electrons. The van der Waals surface area contributed by atoms with Crippen molar-refractivity contribution >= 4 is 5.69 Å². The lowest BCUT2D eigenvalue weighted by Crippen LogP contribution is -2.35. The zero-order valence-electron chi connectivity index (χ0n) is 20.8. The van der Waals surface area contributed by atoms with Gasteiger partial charge in [-0.1, -0.05) is 49.6 Å². The lowest BCUT2D eigenvalue weighted by atomic mass is 9.93. The summed E-state index contributed by atoms with van der Waals surface area (Å²) >= 11 is 0. The van der Waals surface area contributed by atoms with Gasteiger partial charge in [0.05, 0.1) is 0 Å². The van der Waals surface area contributed by atoms with Crippen molar-refractivity contribution in [3.05, 3.63) is 82.9 Å². The molecule has 0 radical (unpaired) electrons. The number of aryl methyl sites for hydroxylation is 2. The average Bonchev–Trinajstić information content (AvgIpc) is 2.84. The van der Waals surface area contributed by atoms with Crippen LogP contribution in [0, 0.1) is 13.8 Å². The van der Waals surface area contributed by atoms with Gasteiger partial charge in [0, 0.05) is 36.9 Å². The van der Waals surface area contributed by atoms with Crippen molar-refractivity contribution in [1.29, 1.82) is 0 Å². The van der Waals surface area contributed by atoms with Crippen LogP contribution in [0.25, 0.3) is 0 Å². The van der Waals surface area contributed by atoms with Gasteiger partial charge >= 0.3 is 0 Å². The Balaban J connectivity index is 1.56. The highest BCUT2D eigenvalue weighted by atomic mass is 16.5. The smallest absolute Gasteiger partial charge is 0.133 e. The van der Waals surface area contributed by atoms with E-state index in [1.807, 2.05) is 12.1 Å². The standard InChI is InChI=1S/C30H38N2O2/c1-4-31-26-17-22(2)30(23(3)18-26)34-28-15-16-29(33)25(19-28)21-32(27-13-9-6-10-14-27)20-24-11-7-5-8-12-24/h5,7-8,11-12,15-19,27,31,33H,4,6,9-10,13-14,20-21H2,1-3H3. The topological polar surface area (TPSA) is 44.7 Å². The summed E-state index contributed by atoms with van der Waals surface area (Å²) in [6.45, 7) is 8.74. The van der Waals surface area contributed by atoms with Gasteiger partial charge in [-0.05, 0) is 80.6 Å². The van der Waals surface area contributed by atoms with E-state index in [1.54, 1.807) is 6.07 Å². The molecular formula is C30H38N2O2. The van der Waals surface area contributed by atoms with Crippen LogP contribution in [0.1, 0.15) is 61.3 Å². The Morgan fingerprint density at radius 3 is 2.29 bits per heavy atom. The molecule has 0 atom stereocenters. The van der Waals surface area contributed by atoms with Gasteiger partial charge in [0.2, 0.25) is 0 Å². The summed E-state index contributed by atoms with van der Waals surface area (Å²) in [5.41, 5.74) is 5.53. The first kappa shape index (κ1) is 24.2. The first-order chi connectivity index (χ1) is 16.5. The number of ether oxygens (including phenoxy) is 1. The lowest BCUT2D eigenvalue weighted by molar-refractivity contribution is 0.138. The highest BCUT2D eigenvalue weighted by Crippen LogP contribution is 2.34. The van der Waals surface area contributed by atoms with Gasteiger partial charge in [-0.15, -0.1) is 0 Å². The second-order valence-corrected chi connectivity index (χ2v) is 9.54. The molecule has 0 unspecified atom stereocenters. The molecule has 3 aromatic carbocycles. The molecule has 34 heavy (non-hydrogen) atoms. The molecule has 4 rings (SSSR count). The summed E-state index contributed by atoms with van der Waals surface area (Å²) in [7, 11) is 0. The number of phenols is 1. The van der Waals surface area contributed by atoms with Crippen LogP contribution in [0.3, 0.4) is 0 Å². The summed E-state index contributed by atoms with van der Waals surface area (Å²) in [6, 6.07) is 21.1. The molecule has 1 saturated carbocycles. The van der Waals surface area contributed by atoms with E-state index < -0.39 is 0 Å². The number of phenolic OH excluding ortho intramolecular Hbond substituents is 1. The Morgan fingerprint density at radius 1 is 0.912 bits per heavy atom. The van der Waals surface area contributed by atoms with Gasteiger partial charge in [0.15, 0.2) is 0 Å². The molecule has 0 aliphatic heterocycles. The van der Waals surface area contributed by atoms with Crippen LogP contribution in [0.2, 0.25) is 0 Å². The molecular weight excluding hydrogens is 420 g/mol. The third-order valence-corrected chi connectivity index (χ3v) is 6.81. The van der Waals surface area contributed by atoms with Crippen molar-refractivity contribution in [2.75, 3.05) is 11.9 Å². The zero-order chi connectivity index (χ0) is 23.9. The van der Waals surface area contributed by atoms with Gasteiger partial charge < -0.3 is 15.2 Å². The SMILES string of the molecule is CCNc1cc(C)c(Oc2ccc(O)c(CN(Cc3ccccc3)C3CCCCC3)c2)c(C)c1. The molecule has 4 nitrogen and oxygen atoms in total. The average molecular weight is 459 g/mol. The van der Waals surface area contributed by atoms with E-state index in [0.29, 0.717) is 18.3 Å². The number of benzene rings is 3. The van der Waals surface area contributed by atoms with Crippen molar-refractivity contribution in [2.45, 2.75) is 72.0 Å². The molecule has 3 aromatic rings. The van der Waals surface area contributed by atoms with E-state index in [1.165, 1.54) is 37.7 Å². The van der Waals surface area contributed by atoms with Gasteiger partial charge in [0.25, 0.3) is 0 Å². The summed E-state index contributed by atoms with van der Waals surface area (Å²) in [4.78, 5) is 2.54. The molecule has 0 aromatic heterocycles. The Kier molecular flexibility index (Phi) is 8.12. The Bertz CT molecular complexity index is 1050. The zero-order valence-corrected chi connectivity index (χ0v) is 20.8. The maximum absolute atomic E-state index is 10.7. The summed E-state index contributed by atoms with van der Waals surface area (Å²) in [5.74, 6) is 1.97. The Hall–Kier alpha value is -2.98. The third-order valence-electron chi connectivity index (χ3n) is 6.81. The van der Waals surface area contributed by atoms with Gasteiger partial charge in [-0.3, -0.25) is 4.90 Å².